The van der Waals surface area contributed by atoms with Gasteiger partial charge in [0, 0.05) is 46.7 Å². The van der Waals surface area contributed by atoms with E-state index in [4.69, 9.17) is 4.74 Å². The minimum atomic E-state index is -0.841. The molecule has 1 rings (SSSR count). The van der Waals surface area contributed by atoms with E-state index in [9.17, 15) is 14.3 Å². The number of rotatable bonds is 9. The molecule has 0 bridgehead atoms. The summed E-state index contributed by atoms with van der Waals surface area (Å²) in [5.74, 6) is 0.277. The SMILES string of the molecule is CCCOc1cc(NCCC(C)S(C)=O)ccc1[N+](=O)[O-]. The molecule has 7 heteroatoms. The number of hydrogen-bond donors (Lipinski definition) is 1. The van der Waals surface area contributed by atoms with Gasteiger partial charge in [-0.1, -0.05) is 13.8 Å². The molecule has 1 aromatic rings. The normalized spacial score (nSPS) is 13.5. The third-order valence-electron chi connectivity index (χ3n) is 3.06. The van der Waals surface area contributed by atoms with Crippen molar-refractivity contribution >= 4 is 22.2 Å². The van der Waals surface area contributed by atoms with Crippen LogP contribution in [0.5, 0.6) is 5.75 Å². The number of benzene rings is 1. The first-order chi connectivity index (χ1) is 9.95. The molecule has 6 nitrogen and oxygen atoms in total. The molecule has 1 N–H and O–H groups in total. The minimum absolute atomic E-state index is 0.0305. The number of hydrogen-bond acceptors (Lipinski definition) is 5. The van der Waals surface area contributed by atoms with Crippen LogP contribution in [-0.2, 0) is 10.8 Å². The van der Waals surface area contributed by atoms with Crippen LogP contribution in [-0.4, -0.2) is 33.8 Å². The van der Waals surface area contributed by atoms with E-state index < -0.39 is 15.7 Å². The third-order valence-corrected chi connectivity index (χ3v) is 4.43. The average molecular weight is 314 g/mol. The maximum Gasteiger partial charge on any atom is 0.311 e. The summed E-state index contributed by atoms with van der Waals surface area (Å²) in [5, 5.41) is 14.2. The van der Waals surface area contributed by atoms with Crippen molar-refractivity contribution in [3.05, 3.63) is 28.3 Å². The van der Waals surface area contributed by atoms with E-state index in [0.29, 0.717) is 13.2 Å². The van der Waals surface area contributed by atoms with Gasteiger partial charge >= 0.3 is 5.69 Å². The van der Waals surface area contributed by atoms with E-state index in [1.165, 1.54) is 6.07 Å². The van der Waals surface area contributed by atoms with Gasteiger partial charge in [0.15, 0.2) is 5.75 Å². The van der Waals surface area contributed by atoms with Crippen molar-refractivity contribution < 1.29 is 13.9 Å². The minimum Gasteiger partial charge on any atom is -0.487 e. The fourth-order valence-corrected chi connectivity index (χ4v) is 2.14. The van der Waals surface area contributed by atoms with E-state index >= 15 is 0 Å². The smallest absolute Gasteiger partial charge is 0.311 e. The maximum atomic E-state index is 11.3. The molecule has 21 heavy (non-hydrogen) atoms. The van der Waals surface area contributed by atoms with Crippen LogP contribution in [0.25, 0.3) is 0 Å². The molecule has 0 saturated heterocycles. The number of anilines is 1. The van der Waals surface area contributed by atoms with Gasteiger partial charge < -0.3 is 10.1 Å². The molecule has 0 aliphatic heterocycles. The van der Waals surface area contributed by atoms with Gasteiger partial charge in [-0.25, -0.2) is 0 Å². The Balaban J connectivity index is 2.71. The van der Waals surface area contributed by atoms with Crippen LogP contribution in [0.3, 0.4) is 0 Å². The molecule has 118 valence electrons. The van der Waals surface area contributed by atoms with Gasteiger partial charge in [0.05, 0.1) is 11.5 Å². The van der Waals surface area contributed by atoms with Gasteiger partial charge in [0.25, 0.3) is 0 Å². The Hall–Kier alpha value is -1.63. The van der Waals surface area contributed by atoms with E-state index in [2.05, 4.69) is 5.32 Å². The summed E-state index contributed by atoms with van der Waals surface area (Å²) in [5.41, 5.74) is 0.734. The molecule has 0 saturated carbocycles. The van der Waals surface area contributed by atoms with Crippen molar-refractivity contribution in [2.75, 3.05) is 24.7 Å². The summed E-state index contributed by atoms with van der Waals surface area (Å²) < 4.78 is 16.7. The molecule has 0 aromatic heterocycles. The highest BCUT2D eigenvalue weighted by Gasteiger charge is 2.15. The Bertz CT molecular complexity index is 508. The van der Waals surface area contributed by atoms with Crippen LogP contribution < -0.4 is 10.1 Å². The molecular formula is C14H22N2O4S. The van der Waals surface area contributed by atoms with Gasteiger partial charge in [0.1, 0.15) is 0 Å². The Morgan fingerprint density at radius 1 is 1.48 bits per heavy atom. The highest BCUT2D eigenvalue weighted by atomic mass is 32.2. The molecule has 0 aliphatic carbocycles. The molecule has 0 radical (unpaired) electrons. The predicted molar refractivity (Wildman–Crippen MR) is 85.5 cm³/mol. The summed E-state index contributed by atoms with van der Waals surface area (Å²) in [6.45, 7) is 4.98. The number of nitro benzene ring substituents is 1. The van der Waals surface area contributed by atoms with E-state index in [1.807, 2.05) is 13.8 Å². The largest absolute Gasteiger partial charge is 0.487 e. The van der Waals surface area contributed by atoms with Crippen molar-refractivity contribution in [3.63, 3.8) is 0 Å². The second-order valence-corrected chi connectivity index (χ2v) is 6.61. The van der Waals surface area contributed by atoms with E-state index in [-0.39, 0.29) is 16.7 Å². The van der Waals surface area contributed by atoms with Crippen LogP contribution >= 0.6 is 0 Å². The number of nitrogens with zero attached hydrogens (tertiary/aromatic N) is 1. The molecule has 2 unspecified atom stereocenters. The molecule has 1 aromatic carbocycles. The summed E-state index contributed by atoms with van der Waals surface area (Å²) in [6, 6.07) is 4.74. The molecule has 0 aliphatic rings. The monoisotopic (exact) mass is 314 g/mol. The van der Waals surface area contributed by atoms with Crippen LogP contribution in [0.2, 0.25) is 0 Å². The summed E-state index contributed by atoms with van der Waals surface area (Å²) in [4.78, 5) is 10.5. The van der Waals surface area contributed by atoms with Crippen LogP contribution in [0.15, 0.2) is 18.2 Å². The van der Waals surface area contributed by atoms with Crippen LogP contribution in [0.4, 0.5) is 11.4 Å². The zero-order chi connectivity index (χ0) is 15.8. The molecule has 0 heterocycles. The lowest BCUT2D eigenvalue weighted by Crippen LogP contribution is -2.14. The highest BCUT2D eigenvalue weighted by molar-refractivity contribution is 7.84. The Labute approximate surface area is 127 Å². The zero-order valence-corrected chi connectivity index (χ0v) is 13.4. The quantitative estimate of drug-likeness (QED) is 0.560. The first-order valence-electron chi connectivity index (χ1n) is 6.93. The molecule has 2 atom stereocenters. The first kappa shape index (κ1) is 17.4. The fourth-order valence-electron chi connectivity index (χ4n) is 1.69. The van der Waals surface area contributed by atoms with Crippen molar-refractivity contribution in [2.24, 2.45) is 0 Å². The Morgan fingerprint density at radius 2 is 2.19 bits per heavy atom. The first-order valence-corrected chi connectivity index (χ1v) is 8.55. The van der Waals surface area contributed by atoms with E-state index in [1.54, 1.807) is 18.4 Å². The second-order valence-electron chi connectivity index (χ2n) is 4.81. The van der Waals surface area contributed by atoms with Gasteiger partial charge in [-0.05, 0) is 18.9 Å². The van der Waals surface area contributed by atoms with Crippen LogP contribution in [0, 0.1) is 10.1 Å². The van der Waals surface area contributed by atoms with Crippen molar-refractivity contribution in [2.45, 2.75) is 31.9 Å². The molecule has 0 amide bonds. The lowest BCUT2D eigenvalue weighted by Gasteiger charge is -2.12. The summed E-state index contributed by atoms with van der Waals surface area (Å²) in [7, 11) is -0.841. The maximum absolute atomic E-state index is 11.3. The van der Waals surface area contributed by atoms with Gasteiger partial charge in [-0.2, -0.15) is 0 Å². The van der Waals surface area contributed by atoms with Crippen molar-refractivity contribution in [1.29, 1.82) is 0 Å². The third kappa shape index (κ3) is 5.71. The summed E-state index contributed by atoms with van der Waals surface area (Å²) >= 11 is 0. The summed E-state index contributed by atoms with van der Waals surface area (Å²) in [6.07, 6.45) is 3.24. The van der Waals surface area contributed by atoms with Crippen molar-refractivity contribution in [1.82, 2.24) is 0 Å². The number of nitrogens with one attached hydrogen (secondary N) is 1. The fraction of sp³-hybridized carbons (Fsp3) is 0.571. The average Bonchev–Trinajstić information content (AvgIpc) is 2.44. The lowest BCUT2D eigenvalue weighted by atomic mass is 10.2. The Kier molecular flexibility index (Phi) is 7.14. The van der Waals surface area contributed by atoms with Gasteiger partial charge in [0.2, 0.25) is 0 Å². The molecule has 0 fully saturated rings. The molecular weight excluding hydrogens is 292 g/mol. The van der Waals surface area contributed by atoms with Gasteiger partial charge in [-0.3, -0.25) is 14.3 Å². The second kappa shape index (κ2) is 8.61. The van der Waals surface area contributed by atoms with E-state index in [0.717, 1.165) is 18.5 Å². The highest BCUT2D eigenvalue weighted by Crippen LogP contribution is 2.30. The number of nitro groups is 1. The molecule has 0 spiro atoms. The lowest BCUT2D eigenvalue weighted by molar-refractivity contribution is -0.385. The van der Waals surface area contributed by atoms with Crippen LogP contribution in [0.1, 0.15) is 26.7 Å². The Morgan fingerprint density at radius 3 is 2.76 bits per heavy atom. The zero-order valence-electron chi connectivity index (χ0n) is 12.6. The number of ether oxygens (including phenoxy) is 1. The standard InChI is InChI=1S/C14H22N2O4S/c1-4-9-20-14-10-12(5-6-13(14)16(17)18)15-8-7-11(2)21(3)19/h5-6,10-11,15H,4,7-9H2,1-3H3. The predicted octanol–water partition coefficient (Wildman–Crippen LogP) is 2.95. The topological polar surface area (TPSA) is 81.5 Å². The van der Waals surface area contributed by atoms with Gasteiger partial charge in [-0.15, -0.1) is 0 Å². The van der Waals surface area contributed by atoms with Crippen molar-refractivity contribution in [3.8, 4) is 5.75 Å².